The topological polar surface area (TPSA) is 48.1 Å². The van der Waals surface area contributed by atoms with Crippen molar-refractivity contribution in [1.29, 1.82) is 0 Å². The van der Waals surface area contributed by atoms with Crippen molar-refractivity contribution < 1.29 is 4.74 Å². The van der Waals surface area contributed by atoms with E-state index in [0.717, 1.165) is 21.3 Å². The molecule has 0 unspecified atom stereocenters. The number of nitrogens with zero attached hydrogens (tertiary/aromatic N) is 1. The summed E-state index contributed by atoms with van der Waals surface area (Å²) in [6, 6.07) is 9.55. The van der Waals surface area contributed by atoms with Gasteiger partial charge in [0.2, 0.25) is 5.88 Å². The fourth-order valence-corrected chi connectivity index (χ4v) is 2.14. The van der Waals surface area contributed by atoms with Gasteiger partial charge in [-0.15, -0.1) is 0 Å². The second kappa shape index (κ2) is 5.50. The average Bonchev–Trinajstić information content (AvgIpc) is 2.33. The number of benzene rings is 1. The zero-order valence-electron chi connectivity index (χ0n) is 10.4. The molecule has 0 saturated carbocycles. The number of ether oxygens (including phenoxy) is 1. The smallest absolute Gasteiger partial charge is 0.223 e. The van der Waals surface area contributed by atoms with Crippen LogP contribution in [0, 0.1) is 6.92 Å². The molecule has 1 aromatic carbocycles. The third-order valence-corrected chi connectivity index (χ3v) is 3.13. The molecule has 1 aromatic heterocycles. The Bertz CT molecular complexity index is 555. The molecule has 0 amide bonds. The summed E-state index contributed by atoms with van der Waals surface area (Å²) in [7, 11) is 0. The Kier molecular flexibility index (Phi) is 3.99. The van der Waals surface area contributed by atoms with Gasteiger partial charge in [-0.05, 0) is 43.7 Å². The highest BCUT2D eigenvalue weighted by atomic mass is 79.9. The maximum absolute atomic E-state index is 5.90. The van der Waals surface area contributed by atoms with Crippen LogP contribution in [-0.2, 0) is 0 Å². The third kappa shape index (κ3) is 2.89. The van der Waals surface area contributed by atoms with E-state index >= 15 is 0 Å². The molecule has 0 fully saturated rings. The van der Waals surface area contributed by atoms with E-state index in [1.54, 1.807) is 6.20 Å². The first-order valence-corrected chi connectivity index (χ1v) is 6.51. The molecule has 3 nitrogen and oxygen atoms in total. The molecule has 0 radical (unpaired) electrons. The van der Waals surface area contributed by atoms with Gasteiger partial charge in [0, 0.05) is 22.3 Å². The number of aromatic nitrogens is 1. The van der Waals surface area contributed by atoms with Crippen LogP contribution in [0.5, 0.6) is 11.6 Å². The molecule has 2 aromatic rings. The van der Waals surface area contributed by atoms with Crippen molar-refractivity contribution in [3.63, 3.8) is 0 Å². The van der Waals surface area contributed by atoms with Crippen molar-refractivity contribution in [3.8, 4) is 11.6 Å². The first-order chi connectivity index (χ1) is 8.58. The van der Waals surface area contributed by atoms with Crippen molar-refractivity contribution in [2.75, 3.05) is 0 Å². The maximum atomic E-state index is 5.90. The molecule has 2 N–H and O–H groups in total. The van der Waals surface area contributed by atoms with Crippen molar-refractivity contribution in [1.82, 2.24) is 4.98 Å². The Hall–Kier alpha value is -1.39. The normalized spacial score (nSPS) is 12.2. The average molecular weight is 307 g/mol. The fraction of sp³-hybridized carbons (Fsp3) is 0.214. The summed E-state index contributed by atoms with van der Waals surface area (Å²) in [5.74, 6) is 1.36. The Morgan fingerprint density at radius 3 is 2.78 bits per heavy atom. The lowest BCUT2D eigenvalue weighted by Crippen LogP contribution is -2.07. The summed E-state index contributed by atoms with van der Waals surface area (Å²) >= 11 is 3.43. The van der Waals surface area contributed by atoms with E-state index < -0.39 is 0 Å². The summed E-state index contributed by atoms with van der Waals surface area (Å²) in [6.07, 6.45) is 1.70. The van der Waals surface area contributed by atoms with Gasteiger partial charge in [0.05, 0.1) is 0 Å². The van der Waals surface area contributed by atoms with Crippen LogP contribution in [0.3, 0.4) is 0 Å². The van der Waals surface area contributed by atoms with E-state index in [2.05, 4.69) is 20.9 Å². The van der Waals surface area contributed by atoms with Crippen LogP contribution in [0.2, 0.25) is 0 Å². The van der Waals surface area contributed by atoms with Gasteiger partial charge in [-0.2, -0.15) is 0 Å². The van der Waals surface area contributed by atoms with E-state index in [1.807, 2.05) is 44.2 Å². The Morgan fingerprint density at radius 2 is 2.11 bits per heavy atom. The summed E-state index contributed by atoms with van der Waals surface area (Å²) in [5, 5.41) is 0. The number of rotatable bonds is 3. The lowest BCUT2D eigenvalue weighted by atomic mass is 10.1. The molecule has 0 spiro atoms. The second-order valence-electron chi connectivity index (χ2n) is 4.20. The zero-order valence-corrected chi connectivity index (χ0v) is 11.9. The Labute approximate surface area is 115 Å². The van der Waals surface area contributed by atoms with Crippen LogP contribution >= 0.6 is 15.9 Å². The van der Waals surface area contributed by atoms with Gasteiger partial charge < -0.3 is 10.5 Å². The number of hydrogen-bond acceptors (Lipinski definition) is 3. The van der Waals surface area contributed by atoms with Gasteiger partial charge in [-0.3, -0.25) is 0 Å². The number of nitrogens with two attached hydrogens (primary N) is 1. The molecule has 0 bridgehead atoms. The standard InChI is InChI=1S/C14H15BrN2O/c1-9-8-11(15)5-6-13(9)18-14-12(10(2)16)4-3-7-17-14/h3-8,10H,16H2,1-2H3/t10-/m1/s1. The first-order valence-electron chi connectivity index (χ1n) is 5.72. The lowest BCUT2D eigenvalue weighted by Gasteiger charge is -2.13. The van der Waals surface area contributed by atoms with E-state index in [1.165, 1.54) is 0 Å². The van der Waals surface area contributed by atoms with Gasteiger partial charge >= 0.3 is 0 Å². The fourth-order valence-electron chi connectivity index (χ4n) is 1.67. The third-order valence-electron chi connectivity index (χ3n) is 2.63. The molecule has 0 aliphatic heterocycles. The molecule has 0 aliphatic rings. The van der Waals surface area contributed by atoms with Crippen LogP contribution in [-0.4, -0.2) is 4.98 Å². The predicted octanol–water partition coefficient (Wildman–Crippen LogP) is 3.96. The monoisotopic (exact) mass is 306 g/mol. The number of pyridine rings is 1. The van der Waals surface area contributed by atoms with Crippen LogP contribution in [0.25, 0.3) is 0 Å². The molecule has 94 valence electrons. The minimum atomic E-state index is -0.107. The van der Waals surface area contributed by atoms with Crippen LogP contribution in [0.15, 0.2) is 41.0 Å². The van der Waals surface area contributed by atoms with Crippen LogP contribution in [0.1, 0.15) is 24.1 Å². The molecular weight excluding hydrogens is 292 g/mol. The van der Waals surface area contributed by atoms with Gasteiger partial charge in [0.1, 0.15) is 5.75 Å². The van der Waals surface area contributed by atoms with Gasteiger partial charge in [-0.1, -0.05) is 22.0 Å². The van der Waals surface area contributed by atoms with Crippen LogP contribution < -0.4 is 10.5 Å². The van der Waals surface area contributed by atoms with E-state index in [4.69, 9.17) is 10.5 Å². The minimum Gasteiger partial charge on any atom is -0.438 e. The maximum Gasteiger partial charge on any atom is 0.223 e. The van der Waals surface area contributed by atoms with E-state index in [-0.39, 0.29) is 6.04 Å². The molecular formula is C14H15BrN2O. The minimum absolute atomic E-state index is 0.107. The summed E-state index contributed by atoms with van der Waals surface area (Å²) in [6.45, 7) is 3.91. The van der Waals surface area contributed by atoms with Gasteiger partial charge in [0.25, 0.3) is 0 Å². The van der Waals surface area contributed by atoms with Gasteiger partial charge in [-0.25, -0.2) is 4.98 Å². The highest BCUT2D eigenvalue weighted by molar-refractivity contribution is 9.10. The Balaban J connectivity index is 2.34. The number of halogens is 1. The van der Waals surface area contributed by atoms with Crippen molar-refractivity contribution in [3.05, 3.63) is 52.1 Å². The second-order valence-corrected chi connectivity index (χ2v) is 5.11. The number of aryl methyl sites for hydroxylation is 1. The van der Waals surface area contributed by atoms with Gasteiger partial charge in [0.15, 0.2) is 0 Å². The molecule has 1 atom stereocenters. The molecule has 18 heavy (non-hydrogen) atoms. The summed E-state index contributed by atoms with van der Waals surface area (Å²) in [4.78, 5) is 4.24. The molecule has 4 heteroatoms. The predicted molar refractivity (Wildman–Crippen MR) is 75.8 cm³/mol. The summed E-state index contributed by atoms with van der Waals surface area (Å²) in [5.41, 5.74) is 7.85. The lowest BCUT2D eigenvalue weighted by molar-refractivity contribution is 0.449. The van der Waals surface area contributed by atoms with Crippen LogP contribution in [0.4, 0.5) is 0 Å². The molecule has 0 aliphatic carbocycles. The highest BCUT2D eigenvalue weighted by Gasteiger charge is 2.10. The quantitative estimate of drug-likeness (QED) is 0.933. The highest BCUT2D eigenvalue weighted by Crippen LogP contribution is 2.29. The summed E-state index contributed by atoms with van der Waals surface area (Å²) < 4.78 is 6.87. The van der Waals surface area contributed by atoms with E-state index in [0.29, 0.717) is 5.88 Å². The van der Waals surface area contributed by atoms with Crippen molar-refractivity contribution in [2.24, 2.45) is 5.73 Å². The SMILES string of the molecule is Cc1cc(Br)ccc1Oc1ncccc1[C@@H](C)N. The number of hydrogen-bond donors (Lipinski definition) is 1. The van der Waals surface area contributed by atoms with Crippen molar-refractivity contribution in [2.45, 2.75) is 19.9 Å². The molecule has 1 heterocycles. The largest absolute Gasteiger partial charge is 0.438 e. The zero-order chi connectivity index (χ0) is 13.1. The molecule has 2 rings (SSSR count). The van der Waals surface area contributed by atoms with Crippen molar-refractivity contribution >= 4 is 15.9 Å². The molecule has 0 saturated heterocycles. The van der Waals surface area contributed by atoms with E-state index in [9.17, 15) is 0 Å². The first kappa shape index (κ1) is 13.1. The Morgan fingerprint density at radius 1 is 1.33 bits per heavy atom.